The van der Waals surface area contributed by atoms with Gasteiger partial charge in [-0.2, -0.15) is 0 Å². The van der Waals surface area contributed by atoms with Gasteiger partial charge >= 0.3 is 0 Å². The maximum Gasteiger partial charge on any atom is 0.230 e. The lowest BCUT2D eigenvalue weighted by Gasteiger charge is -2.07. The van der Waals surface area contributed by atoms with Crippen LogP contribution < -0.4 is 10.1 Å². The lowest BCUT2D eigenvalue weighted by atomic mass is 10.1. The molecule has 2 aromatic heterocycles. The first-order valence-corrected chi connectivity index (χ1v) is 10.1. The second-order valence-electron chi connectivity index (χ2n) is 5.63. The molecule has 3 rings (SSSR count). The number of aryl methyl sites for hydroxylation is 1. The molecule has 0 saturated carbocycles. The van der Waals surface area contributed by atoms with Crippen LogP contribution in [0.25, 0.3) is 21.5 Å². The van der Waals surface area contributed by atoms with Crippen molar-refractivity contribution in [2.75, 3.05) is 19.4 Å². The van der Waals surface area contributed by atoms with Gasteiger partial charge in [0, 0.05) is 12.1 Å². The third-order valence-corrected chi connectivity index (χ3v) is 5.58. The van der Waals surface area contributed by atoms with Crippen LogP contribution in [0, 0.1) is 6.92 Å². The second kappa shape index (κ2) is 8.46. The molecule has 0 unspecified atom stereocenters. The predicted molar refractivity (Wildman–Crippen MR) is 106 cm³/mol. The summed E-state index contributed by atoms with van der Waals surface area (Å²) in [6, 6.07) is 7.73. The average molecular weight is 389 g/mol. The Morgan fingerprint density at radius 2 is 2.19 bits per heavy atom. The van der Waals surface area contributed by atoms with Crippen molar-refractivity contribution in [3.63, 3.8) is 0 Å². The zero-order valence-corrected chi connectivity index (χ0v) is 16.5. The van der Waals surface area contributed by atoms with E-state index in [9.17, 15) is 4.79 Å². The van der Waals surface area contributed by atoms with Crippen LogP contribution in [0.1, 0.15) is 18.4 Å². The number of hydrogen-bond donors (Lipinski definition) is 1. The fourth-order valence-corrected chi connectivity index (χ4v) is 4.17. The molecule has 0 saturated heterocycles. The number of carbonyl (C=O) groups excluding carboxylic acids is 1. The van der Waals surface area contributed by atoms with Crippen LogP contribution >= 0.6 is 23.1 Å². The molecule has 0 aliphatic rings. The van der Waals surface area contributed by atoms with Crippen molar-refractivity contribution in [3.05, 3.63) is 29.3 Å². The molecule has 1 amide bonds. The minimum absolute atomic E-state index is 0.00405. The van der Waals surface area contributed by atoms with E-state index >= 15 is 0 Å². The summed E-state index contributed by atoms with van der Waals surface area (Å²) in [5.41, 5.74) is 2.51. The molecule has 0 aliphatic carbocycles. The first kappa shape index (κ1) is 18.6. The highest BCUT2D eigenvalue weighted by Gasteiger charge is 2.17. The number of aromatic nitrogens is 3. The van der Waals surface area contributed by atoms with Gasteiger partial charge in [-0.3, -0.25) is 4.79 Å². The number of hydrogen-bond acceptors (Lipinski definition) is 7. The molecular formula is C18H20N4O2S2. The van der Waals surface area contributed by atoms with Gasteiger partial charge < -0.3 is 10.1 Å². The monoisotopic (exact) mass is 388 g/mol. The highest BCUT2D eigenvalue weighted by molar-refractivity contribution is 8.00. The quantitative estimate of drug-likeness (QED) is 0.622. The standard InChI is InChI=1S/C18H20N4O2S2/c1-4-8-19-14(23)10-25-18-16-17(26-11(2)20-16)15(21-22-18)12-6-5-7-13(9-12)24-3/h5-7,9H,4,8,10H2,1-3H3,(H,19,23). The van der Waals surface area contributed by atoms with Gasteiger partial charge in [0.2, 0.25) is 5.91 Å². The Balaban J connectivity index is 1.92. The highest BCUT2D eigenvalue weighted by Crippen LogP contribution is 2.36. The van der Waals surface area contributed by atoms with Gasteiger partial charge in [0.05, 0.1) is 22.6 Å². The summed E-state index contributed by atoms with van der Waals surface area (Å²) >= 11 is 2.95. The zero-order chi connectivity index (χ0) is 18.5. The minimum Gasteiger partial charge on any atom is -0.497 e. The molecule has 3 aromatic rings. The van der Waals surface area contributed by atoms with Crippen molar-refractivity contribution in [3.8, 4) is 17.0 Å². The molecule has 6 nitrogen and oxygen atoms in total. The summed E-state index contributed by atoms with van der Waals surface area (Å²) in [6.07, 6.45) is 0.918. The maximum atomic E-state index is 11.9. The first-order valence-electron chi connectivity index (χ1n) is 8.30. The number of ether oxygens (including phenoxy) is 1. The number of nitrogens with zero attached hydrogens (tertiary/aromatic N) is 3. The Morgan fingerprint density at radius 3 is 2.96 bits per heavy atom. The largest absolute Gasteiger partial charge is 0.497 e. The molecule has 8 heteroatoms. The Labute approximate surface area is 160 Å². The molecule has 0 bridgehead atoms. The van der Waals surface area contributed by atoms with Gasteiger partial charge in [-0.15, -0.1) is 21.5 Å². The summed E-state index contributed by atoms with van der Waals surface area (Å²) in [5, 5.41) is 13.2. The second-order valence-corrected chi connectivity index (χ2v) is 7.80. The van der Waals surface area contributed by atoms with E-state index in [1.165, 1.54) is 11.8 Å². The van der Waals surface area contributed by atoms with E-state index in [2.05, 4.69) is 20.5 Å². The molecule has 136 valence electrons. The van der Waals surface area contributed by atoms with Crippen molar-refractivity contribution in [2.24, 2.45) is 0 Å². The number of thiazole rings is 1. The van der Waals surface area contributed by atoms with E-state index < -0.39 is 0 Å². The Hall–Kier alpha value is -2.19. The minimum atomic E-state index is -0.00405. The zero-order valence-electron chi connectivity index (χ0n) is 14.9. The number of nitrogens with one attached hydrogen (secondary N) is 1. The van der Waals surface area contributed by atoms with Crippen LogP contribution in [0.3, 0.4) is 0 Å². The van der Waals surface area contributed by atoms with Crippen LogP contribution in [0.2, 0.25) is 0 Å². The Morgan fingerprint density at radius 1 is 1.35 bits per heavy atom. The topological polar surface area (TPSA) is 77.0 Å². The van der Waals surface area contributed by atoms with E-state index in [0.29, 0.717) is 17.3 Å². The first-order chi connectivity index (χ1) is 12.6. The van der Waals surface area contributed by atoms with Gasteiger partial charge in [0.15, 0.2) is 0 Å². The lowest BCUT2D eigenvalue weighted by molar-refractivity contribution is -0.118. The summed E-state index contributed by atoms with van der Waals surface area (Å²) < 4.78 is 6.28. The van der Waals surface area contributed by atoms with Crippen LogP contribution in [-0.4, -0.2) is 40.5 Å². The summed E-state index contributed by atoms with van der Waals surface area (Å²) in [5.74, 6) is 1.07. The van der Waals surface area contributed by atoms with Crippen molar-refractivity contribution >= 4 is 39.2 Å². The lowest BCUT2D eigenvalue weighted by Crippen LogP contribution is -2.25. The SMILES string of the molecule is CCCNC(=O)CSc1nnc(-c2cccc(OC)c2)c2sc(C)nc12. The number of thioether (sulfide) groups is 1. The summed E-state index contributed by atoms with van der Waals surface area (Å²) in [6.45, 7) is 4.67. The van der Waals surface area contributed by atoms with Gasteiger partial charge in [-0.1, -0.05) is 30.8 Å². The van der Waals surface area contributed by atoms with Gasteiger partial charge in [0.25, 0.3) is 0 Å². The van der Waals surface area contributed by atoms with E-state index in [-0.39, 0.29) is 5.91 Å². The molecule has 2 heterocycles. The number of benzene rings is 1. The van der Waals surface area contributed by atoms with Gasteiger partial charge in [0.1, 0.15) is 22.0 Å². The molecule has 0 aliphatic heterocycles. The maximum absolute atomic E-state index is 11.9. The van der Waals surface area contributed by atoms with Gasteiger partial charge in [-0.25, -0.2) is 4.98 Å². The van der Waals surface area contributed by atoms with Crippen molar-refractivity contribution < 1.29 is 9.53 Å². The number of methoxy groups -OCH3 is 1. The smallest absolute Gasteiger partial charge is 0.230 e. The third-order valence-electron chi connectivity index (χ3n) is 3.65. The fourth-order valence-electron chi connectivity index (χ4n) is 2.43. The predicted octanol–water partition coefficient (Wildman–Crippen LogP) is 3.69. The van der Waals surface area contributed by atoms with Crippen molar-refractivity contribution in [2.45, 2.75) is 25.3 Å². The molecule has 0 atom stereocenters. The third kappa shape index (κ3) is 4.13. The van der Waals surface area contributed by atoms with Crippen LogP contribution in [0.5, 0.6) is 5.75 Å². The normalized spacial score (nSPS) is 10.9. The van der Waals surface area contributed by atoms with Crippen LogP contribution in [-0.2, 0) is 4.79 Å². The number of rotatable bonds is 7. The van der Waals surface area contributed by atoms with Crippen molar-refractivity contribution in [1.82, 2.24) is 20.5 Å². The van der Waals surface area contributed by atoms with E-state index in [1.54, 1.807) is 18.4 Å². The van der Waals surface area contributed by atoms with Crippen LogP contribution in [0.4, 0.5) is 0 Å². The molecule has 1 N–H and O–H groups in total. The molecular weight excluding hydrogens is 368 g/mol. The van der Waals surface area contributed by atoms with E-state index in [0.717, 1.165) is 38.7 Å². The number of carbonyl (C=O) groups is 1. The summed E-state index contributed by atoms with van der Waals surface area (Å²) in [7, 11) is 1.64. The molecule has 1 aromatic carbocycles. The molecule has 0 spiro atoms. The van der Waals surface area contributed by atoms with Crippen molar-refractivity contribution in [1.29, 1.82) is 0 Å². The van der Waals surface area contributed by atoms with E-state index in [4.69, 9.17) is 4.74 Å². The molecule has 26 heavy (non-hydrogen) atoms. The number of amides is 1. The highest BCUT2D eigenvalue weighted by atomic mass is 32.2. The van der Waals surface area contributed by atoms with Crippen LogP contribution in [0.15, 0.2) is 29.3 Å². The molecule has 0 fully saturated rings. The molecule has 0 radical (unpaired) electrons. The Kier molecular flexibility index (Phi) is 6.05. The summed E-state index contributed by atoms with van der Waals surface area (Å²) in [4.78, 5) is 16.5. The number of fused-ring (bicyclic) bond motifs is 1. The average Bonchev–Trinajstić information content (AvgIpc) is 3.05. The Bertz CT molecular complexity index is 927. The fraction of sp³-hybridized carbons (Fsp3) is 0.333. The van der Waals surface area contributed by atoms with E-state index in [1.807, 2.05) is 38.1 Å². The van der Waals surface area contributed by atoms with Gasteiger partial charge in [-0.05, 0) is 25.5 Å².